The van der Waals surface area contributed by atoms with Crippen molar-refractivity contribution in [3.8, 4) is 0 Å². The van der Waals surface area contributed by atoms with Gasteiger partial charge in [0.25, 0.3) is 0 Å². The minimum Gasteiger partial charge on any atom is -0.334 e. The van der Waals surface area contributed by atoms with Crippen molar-refractivity contribution < 1.29 is 9.59 Å². The molecule has 2 amide bonds. The van der Waals surface area contributed by atoms with Crippen LogP contribution in [0.3, 0.4) is 0 Å². The van der Waals surface area contributed by atoms with Crippen LogP contribution >= 0.6 is 27.7 Å². The summed E-state index contributed by atoms with van der Waals surface area (Å²) in [6.45, 7) is 4.97. The topological polar surface area (TPSA) is 40.6 Å². The van der Waals surface area contributed by atoms with E-state index in [2.05, 4.69) is 22.9 Å². The van der Waals surface area contributed by atoms with E-state index in [1.165, 1.54) is 0 Å². The van der Waals surface area contributed by atoms with Crippen LogP contribution < -0.4 is 0 Å². The molecule has 1 aromatic carbocycles. The van der Waals surface area contributed by atoms with E-state index >= 15 is 0 Å². The van der Waals surface area contributed by atoms with E-state index in [9.17, 15) is 9.59 Å². The van der Waals surface area contributed by atoms with Gasteiger partial charge in [-0.15, -0.1) is 11.8 Å². The molecule has 6 heteroatoms. The Bertz CT molecular complexity index is 553. The Balaban J connectivity index is 2.12. The number of benzene rings is 1. The average Bonchev–Trinajstić information content (AvgIpc) is 2.89. The number of carbonyl (C=O) groups excluding carboxylic acids is 2. The van der Waals surface area contributed by atoms with Crippen molar-refractivity contribution in [1.82, 2.24) is 9.80 Å². The average molecular weight is 385 g/mol. The summed E-state index contributed by atoms with van der Waals surface area (Å²) in [6.07, 6.45) is 0.892. The Hall–Kier alpha value is -1.01. The van der Waals surface area contributed by atoms with Crippen LogP contribution in [0.5, 0.6) is 0 Å². The summed E-state index contributed by atoms with van der Waals surface area (Å²) in [5, 5.41) is 0. The van der Waals surface area contributed by atoms with E-state index in [1.807, 2.05) is 36.1 Å². The summed E-state index contributed by atoms with van der Waals surface area (Å²) in [6, 6.07) is 7.94. The molecule has 1 unspecified atom stereocenters. The monoisotopic (exact) mass is 384 g/mol. The van der Waals surface area contributed by atoms with Crippen molar-refractivity contribution in [2.45, 2.75) is 26.3 Å². The first-order valence-corrected chi connectivity index (χ1v) is 9.38. The maximum Gasteiger partial charge on any atom is 0.242 e. The molecule has 0 saturated carbocycles. The van der Waals surface area contributed by atoms with Crippen molar-refractivity contribution >= 4 is 39.5 Å². The Morgan fingerprint density at radius 1 is 1.45 bits per heavy atom. The van der Waals surface area contributed by atoms with E-state index in [0.29, 0.717) is 18.2 Å². The fraction of sp³-hybridized carbons (Fsp3) is 0.500. The van der Waals surface area contributed by atoms with Gasteiger partial charge in [0.1, 0.15) is 6.54 Å². The van der Waals surface area contributed by atoms with Crippen molar-refractivity contribution in [2.24, 2.45) is 0 Å². The van der Waals surface area contributed by atoms with E-state index in [1.54, 1.807) is 16.7 Å². The lowest BCUT2D eigenvalue weighted by Gasteiger charge is -2.31. The number of amides is 2. The fourth-order valence-corrected chi connectivity index (χ4v) is 4.07. The summed E-state index contributed by atoms with van der Waals surface area (Å²) in [4.78, 5) is 27.9. The molecule has 1 atom stereocenters. The maximum atomic E-state index is 12.7. The van der Waals surface area contributed by atoms with Crippen LogP contribution in [0, 0.1) is 0 Å². The molecule has 1 fully saturated rings. The number of halogens is 1. The minimum atomic E-state index is -0.0200. The maximum absolute atomic E-state index is 12.7. The standard InChI is InChI=1S/C16H21BrN2O2S/c1-3-8-19(12(2)13-6-4-5-7-14(13)17)15(20)9-18-11-22-10-16(18)21/h4-7,12H,3,8-11H2,1-2H3. The number of nitrogens with zero attached hydrogens (tertiary/aromatic N) is 2. The van der Waals surface area contributed by atoms with Gasteiger partial charge >= 0.3 is 0 Å². The van der Waals surface area contributed by atoms with Gasteiger partial charge in [0, 0.05) is 11.0 Å². The summed E-state index contributed by atoms with van der Waals surface area (Å²) in [5.74, 6) is 1.18. The van der Waals surface area contributed by atoms with Gasteiger partial charge < -0.3 is 9.80 Å². The first kappa shape index (κ1) is 17.3. The summed E-state index contributed by atoms with van der Waals surface area (Å²) in [5.41, 5.74) is 1.09. The third-order valence-corrected chi connectivity index (χ3v) is 5.43. The van der Waals surface area contributed by atoms with Crippen molar-refractivity contribution in [3.05, 3.63) is 34.3 Å². The third-order valence-electron chi connectivity index (χ3n) is 3.76. The number of hydrogen-bond acceptors (Lipinski definition) is 3. The highest BCUT2D eigenvalue weighted by molar-refractivity contribution is 9.10. The highest BCUT2D eigenvalue weighted by Crippen LogP contribution is 2.28. The molecule has 2 rings (SSSR count). The molecule has 1 aliphatic rings. The molecule has 4 nitrogen and oxygen atoms in total. The summed E-state index contributed by atoms with van der Waals surface area (Å²) >= 11 is 5.12. The van der Waals surface area contributed by atoms with Crippen LogP contribution in [-0.2, 0) is 9.59 Å². The number of hydrogen-bond donors (Lipinski definition) is 0. The normalized spacial score (nSPS) is 16.0. The minimum absolute atomic E-state index is 0.0148. The largest absolute Gasteiger partial charge is 0.334 e. The van der Waals surface area contributed by atoms with Crippen LogP contribution in [0.2, 0.25) is 0 Å². The quantitative estimate of drug-likeness (QED) is 0.755. The van der Waals surface area contributed by atoms with Gasteiger partial charge in [-0.05, 0) is 25.0 Å². The van der Waals surface area contributed by atoms with E-state index in [4.69, 9.17) is 0 Å². The predicted octanol–water partition coefficient (Wildman–Crippen LogP) is 3.28. The SMILES string of the molecule is CCCN(C(=O)CN1CSCC1=O)C(C)c1ccccc1Br. The zero-order valence-electron chi connectivity index (χ0n) is 12.9. The van der Waals surface area contributed by atoms with Gasteiger partial charge in [-0.25, -0.2) is 0 Å². The van der Waals surface area contributed by atoms with E-state index in [-0.39, 0.29) is 24.4 Å². The van der Waals surface area contributed by atoms with Crippen LogP contribution in [-0.4, -0.2) is 46.3 Å². The number of rotatable bonds is 6. The molecule has 0 N–H and O–H groups in total. The zero-order valence-corrected chi connectivity index (χ0v) is 15.3. The van der Waals surface area contributed by atoms with Crippen molar-refractivity contribution in [2.75, 3.05) is 24.7 Å². The van der Waals surface area contributed by atoms with Crippen molar-refractivity contribution in [3.63, 3.8) is 0 Å². The van der Waals surface area contributed by atoms with Gasteiger partial charge in [0.15, 0.2) is 0 Å². The second-order valence-corrected chi connectivity index (χ2v) is 7.16. The molecular weight excluding hydrogens is 364 g/mol. The number of thioether (sulfide) groups is 1. The predicted molar refractivity (Wildman–Crippen MR) is 93.6 cm³/mol. The van der Waals surface area contributed by atoms with Crippen LogP contribution in [0.25, 0.3) is 0 Å². The van der Waals surface area contributed by atoms with Gasteiger partial charge in [0.2, 0.25) is 11.8 Å². The second-order valence-electron chi connectivity index (χ2n) is 5.35. The first-order valence-electron chi connectivity index (χ1n) is 7.44. The number of carbonyl (C=O) groups is 2. The van der Waals surface area contributed by atoms with Crippen LogP contribution in [0.4, 0.5) is 0 Å². The highest BCUT2D eigenvalue weighted by Gasteiger charge is 2.28. The third kappa shape index (κ3) is 4.04. The van der Waals surface area contributed by atoms with Gasteiger partial charge in [0.05, 0.1) is 17.7 Å². The molecule has 1 aliphatic heterocycles. The van der Waals surface area contributed by atoms with Crippen molar-refractivity contribution in [1.29, 1.82) is 0 Å². The molecule has 1 heterocycles. The molecule has 120 valence electrons. The fourth-order valence-electron chi connectivity index (χ4n) is 2.55. The Labute approximate surface area is 144 Å². The van der Waals surface area contributed by atoms with E-state index < -0.39 is 0 Å². The van der Waals surface area contributed by atoms with Crippen LogP contribution in [0.1, 0.15) is 31.9 Å². The molecule has 0 aliphatic carbocycles. The van der Waals surface area contributed by atoms with Gasteiger partial charge in [-0.3, -0.25) is 9.59 Å². The molecule has 1 aromatic rings. The molecule has 0 radical (unpaired) electrons. The molecule has 22 heavy (non-hydrogen) atoms. The molecule has 0 bridgehead atoms. The highest BCUT2D eigenvalue weighted by atomic mass is 79.9. The lowest BCUT2D eigenvalue weighted by Crippen LogP contribution is -2.42. The first-order chi connectivity index (χ1) is 10.5. The molecule has 0 aromatic heterocycles. The van der Waals surface area contributed by atoms with Crippen LogP contribution in [0.15, 0.2) is 28.7 Å². The van der Waals surface area contributed by atoms with Gasteiger partial charge in [-0.2, -0.15) is 0 Å². The Kier molecular flexibility index (Phi) is 6.32. The summed E-state index contributed by atoms with van der Waals surface area (Å²) in [7, 11) is 0. The molecule has 1 saturated heterocycles. The van der Waals surface area contributed by atoms with E-state index in [0.717, 1.165) is 16.5 Å². The van der Waals surface area contributed by atoms with Gasteiger partial charge in [-0.1, -0.05) is 41.1 Å². The lowest BCUT2D eigenvalue weighted by molar-refractivity contribution is -0.139. The molecular formula is C16H21BrN2O2S. The molecule has 0 spiro atoms. The summed E-state index contributed by atoms with van der Waals surface area (Å²) < 4.78 is 1.00. The smallest absolute Gasteiger partial charge is 0.242 e. The lowest BCUT2D eigenvalue weighted by atomic mass is 10.1. The second kappa shape index (κ2) is 8.02. The Morgan fingerprint density at radius 3 is 2.77 bits per heavy atom. The Morgan fingerprint density at radius 2 is 2.18 bits per heavy atom. The zero-order chi connectivity index (χ0) is 16.1.